The van der Waals surface area contributed by atoms with Crippen LogP contribution in [0.25, 0.3) is 22.0 Å². The van der Waals surface area contributed by atoms with Crippen LogP contribution in [0, 0.1) is 18.6 Å². The first kappa shape index (κ1) is 27.1. The smallest absolute Gasteiger partial charge is 0.383 e. The lowest BCUT2D eigenvalue weighted by Gasteiger charge is -2.39. The van der Waals surface area contributed by atoms with Crippen molar-refractivity contribution < 1.29 is 45.2 Å². The average molecular weight is 760 g/mol. The van der Waals surface area contributed by atoms with E-state index in [1.165, 1.54) is 55.5 Å². The van der Waals surface area contributed by atoms with Gasteiger partial charge in [0.2, 0.25) is 5.91 Å². The molecule has 0 radical (unpaired) electrons. The third kappa shape index (κ3) is 9.17. The molecule has 0 bridgehead atoms. The second kappa shape index (κ2) is 16.7. The van der Waals surface area contributed by atoms with Crippen LogP contribution in [0.2, 0.25) is 0 Å². The number of piperidine rings is 1. The van der Waals surface area contributed by atoms with Crippen molar-refractivity contribution in [1.82, 2.24) is 14.4 Å². The first-order chi connectivity index (χ1) is 29.3. The van der Waals surface area contributed by atoms with Gasteiger partial charge < -0.3 is 19.1 Å². The summed E-state index contributed by atoms with van der Waals surface area (Å²) in [6.45, 7) is -8.05. The zero-order chi connectivity index (χ0) is 46.6. The van der Waals surface area contributed by atoms with Crippen LogP contribution in [0.4, 0.5) is 22.0 Å². The van der Waals surface area contributed by atoms with Crippen molar-refractivity contribution in [2.75, 3.05) is 33.3 Å². The molecule has 6 nitrogen and oxygen atoms in total. The molecule has 1 amide bonds. The van der Waals surface area contributed by atoms with Gasteiger partial charge in [0.25, 0.3) is 0 Å². The van der Waals surface area contributed by atoms with E-state index in [9.17, 15) is 29.5 Å². The highest BCUT2D eigenvalue weighted by Crippen LogP contribution is 2.32. The third-order valence-electron chi connectivity index (χ3n) is 8.65. The van der Waals surface area contributed by atoms with Crippen LogP contribution in [0.1, 0.15) is 48.8 Å². The van der Waals surface area contributed by atoms with Gasteiger partial charge in [-0.3, -0.25) is 9.59 Å². The predicted molar refractivity (Wildman–Crippen MR) is 198 cm³/mol. The predicted octanol–water partition coefficient (Wildman–Crippen LogP) is 8.71. The molecule has 0 N–H and O–H groups in total. The molecular formula is C41H40F5N3O3S. The zero-order valence-corrected chi connectivity index (χ0v) is 29.4. The number of thioether (sulfide) groups is 1. The number of nitrogens with zero attached hydrogens (tertiary/aromatic N) is 3. The number of alkyl halides is 3. The topological polar surface area (TPSA) is 54.8 Å². The van der Waals surface area contributed by atoms with Crippen LogP contribution in [0.5, 0.6) is 0 Å². The molecule has 0 atom stereocenters. The van der Waals surface area contributed by atoms with E-state index in [-0.39, 0.29) is 58.9 Å². The first-order valence-corrected chi connectivity index (χ1v) is 17.4. The molecule has 12 heteroatoms. The molecule has 1 saturated heterocycles. The molecule has 0 unspecified atom stereocenters. The van der Waals surface area contributed by atoms with E-state index in [1.54, 1.807) is 0 Å². The summed E-state index contributed by atoms with van der Waals surface area (Å²) in [5.41, 5.74) is -1.79. The number of pyridine rings is 1. The lowest BCUT2D eigenvalue weighted by molar-refractivity contribution is -0.137. The van der Waals surface area contributed by atoms with Gasteiger partial charge in [-0.1, -0.05) is 54.6 Å². The van der Waals surface area contributed by atoms with Crippen molar-refractivity contribution in [3.8, 4) is 11.1 Å². The van der Waals surface area contributed by atoms with Gasteiger partial charge in [0.15, 0.2) is 17.1 Å². The van der Waals surface area contributed by atoms with Gasteiger partial charge in [-0.05, 0) is 72.3 Å². The van der Waals surface area contributed by atoms with Crippen molar-refractivity contribution in [2.24, 2.45) is 0 Å². The summed E-state index contributed by atoms with van der Waals surface area (Å²) in [6, 6.07) is 9.92. The van der Waals surface area contributed by atoms with Gasteiger partial charge in [0.1, 0.15) is 6.54 Å². The van der Waals surface area contributed by atoms with Crippen molar-refractivity contribution >= 4 is 28.6 Å². The largest absolute Gasteiger partial charge is 0.416 e. The zero-order valence-electron chi connectivity index (χ0n) is 38.5. The molecule has 1 fully saturated rings. The number of hydrogen-bond acceptors (Lipinski definition) is 5. The summed E-state index contributed by atoms with van der Waals surface area (Å²) >= 11 is 0.660. The molecular weight excluding hydrogens is 710 g/mol. The number of hydrogen-bond donors (Lipinski definition) is 0. The summed E-state index contributed by atoms with van der Waals surface area (Å²) in [4.78, 5) is 30.9. The number of ether oxygens (including phenoxy) is 1. The maximum absolute atomic E-state index is 15.0. The summed E-state index contributed by atoms with van der Waals surface area (Å²) < 4.78 is 162. The van der Waals surface area contributed by atoms with E-state index in [0.29, 0.717) is 22.9 Å². The maximum atomic E-state index is 15.0. The molecule has 6 rings (SSSR count). The third-order valence-corrected chi connectivity index (χ3v) is 9.71. The van der Waals surface area contributed by atoms with Crippen molar-refractivity contribution in [1.29, 1.82) is 0 Å². The monoisotopic (exact) mass is 759 g/mol. The Kier molecular flexibility index (Phi) is 8.52. The highest BCUT2D eigenvalue weighted by atomic mass is 32.2. The van der Waals surface area contributed by atoms with Crippen LogP contribution >= 0.6 is 11.8 Å². The Balaban J connectivity index is 1.47. The van der Waals surface area contributed by atoms with E-state index >= 15 is 4.79 Å². The second-order valence-electron chi connectivity index (χ2n) is 12.2. The second-order valence-corrected chi connectivity index (χ2v) is 13.2. The quantitative estimate of drug-likeness (QED) is 0.0942. The van der Waals surface area contributed by atoms with Gasteiger partial charge in [0.05, 0.1) is 33.6 Å². The number of aromatic nitrogens is 1. The molecule has 0 aliphatic carbocycles. The highest BCUT2D eigenvalue weighted by Gasteiger charge is 2.31. The molecule has 0 spiro atoms. The van der Waals surface area contributed by atoms with E-state index in [2.05, 4.69) is 0 Å². The van der Waals surface area contributed by atoms with Gasteiger partial charge in [-0.15, -0.1) is 11.8 Å². The van der Waals surface area contributed by atoms with Crippen LogP contribution in [0.15, 0.2) is 101 Å². The average Bonchev–Trinajstić information content (AvgIpc) is 3.24. The number of methoxy groups -OCH3 is 1. The Hall–Kier alpha value is -4.52. The summed E-state index contributed by atoms with van der Waals surface area (Å²) in [6.07, 6.45) is -4.78. The van der Waals surface area contributed by atoms with Crippen molar-refractivity contribution in [3.63, 3.8) is 0 Å². The number of amides is 1. The number of carbonyl (C=O) groups excluding carboxylic acids is 1. The fourth-order valence-corrected chi connectivity index (χ4v) is 6.89. The Bertz CT molecular complexity index is 2610. The fraction of sp³-hybridized carbons (Fsp3) is 0.317. The van der Waals surface area contributed by atoms with Crippen molar-refractivity contribution in [2.45, 2.75) is 55.8 Å². The number of carbonyl (C=O) groups is 1. The Morgan fingerprint density at radius 1 is 1.00 bits per heavy atom. The SMILES string of the molecule is [2H]c1c(C)c([2H])c2c(c1[2H])c(=O)c([2H])c(SCc1cccc(F)c1F)n2CC(=O)N(C1CCN(C([2H])([2H])C([2H])([2H])OC)CC1)C([2H])([2H])c1ccc(-c2ccc(C(F)(F)F)cc2)cc1. The van der Waals surface area contributed by atoms with Crippen molar-refractivity contribution in [3.05, 3.63) is 135 Å². The van der Waals surface area contributed by atoms with Crippen LogP contribution in [-0.2, 0) is 34.5 Å². The molecule has 2 heterocycles. The van der Waals surface area contributed by atoms with E-state index in [0.717, 1.165) is 39.7 Å². The summed E-state index contributed by atoms with van der Waals surface area (Å²) in [5.74, 6) is -3.75. The van der Waals surface area contributed by atoms with Gasteiger partial charge >= 0.3 is 6.18 Å². The van der Waals surface area contributed by atoms with Crippen LogP contribution < -0.4 is 5.43 Å². The van der Waals surface area contributed by atoms with Gasteiger partial charge in [-0.2, -0.15) is 13.2 Å². The Morgan fingerprint density at radius 2 is 1.68 bits per heavy atom. The molecule has 1 aliphatic heterocycles. The molecule has 1 aromatic heterocycles. The minimum atomic E-state index is -4.57. The fourth-order valence-electron chi connectivity index (χ4n) is 5.90. The molecule has 53 heavy (non-hydrogen) atoms. The van der Waals surface area contributed by atoms with Gasteiger partial charge in [0, 0.05) is 64.7 Å². The lowest BCUT2D eigenvalue weighted by Crippen LogP contribution is -2.48. The standard InChI is InChI=1S/C41H40F5N3O3S/c1-27-6-15-34-36(22-27)49(39(23-37(34)50)53-26-31-4-3-5-35(42)40(31)43)25-38(51)48(33-16-18-47(19-17-33)20-21-52-2)24-28-7-9-29(10-8-28)30-11-13-32(14-12-30)41(44,45)46/h3-15,22-23,33H,16-21,24-26H2,1-2H3/i6D,15D,20D2,21D2,22D,23D,24D2. The Morgan fingerprint density at radius 3 is 2.34 bits per heavy atom. The highest BCUT2D eigenvalue weighted by molar-refractivity contribution is 7.98. The number of rotatable bonds is 12. The molecule has 4 aromatic carbocycles. The number of halogens is 5. The normalized spacial score (nSPS) is 17.7. The summed E-state index contributed by atoms with van der Waals surface area (Å²) in [7, 11) is 1.00. The van der Waals surface area contributed by atoms with Crippen LogP contribution in [0.3, 0.4) is 0 Å². The number of fused-ring (bicyclic) bond motifs is 1. The minimum Gasteiger partial charge on any atom is -0.383 e. The van der Waals surface area contributed by atoms with Crippen LogP contribution in [-0.4, -0.2) is 59.6 Å². The molecule has 1 aliphatic rings. The Labute approximate surface area is 323 Å². The molecule has 5 aromatic rings. The number of likely N-dealkylation sites (tertiary alicyclic amines) is 1. The molecule has 0 saturated carbocycles. The van der Waals surface area contributed by atoms with Gasteiger partial charge in [-0.25, -0.2) is 8.78 Å². The lowest BCUT2D eigenvalue weighted by atomic mass is 10.00. The van der Waals surface area contributed by atoms with E-state index in [1.807, 2.05) is 0 Å². The van der Waals surface area contributed by atoms with E-state index < -0.39 is 96.4 Å². The molecule has 278 valence electrons. The minimum absolute atomic E-state index is 0.0594. The first-order valence-electron chi connectivity index (χ1n) is 21.4. The number of benzene rings is 4. The maximum Gasteiger partial charge on any atom is 0.416 e. The van der Waals surface area contributed by atoms with E-state index in [4.69, 9.17) is 15.7 Å². The summed E-state index contributed by atoms with van der Waals surface area (Å²) in [5, 5.41) is -0.841.